The Morgan fingerprint density at radius 2 is 1.77 bits per heavy atom. The fourth-order valence-electron chi connectivity index (χ4n) is 3.74. The Bertz CT molecular complexity index is 1280. The van der Waals surface area contributed by atoms with Gasteiger partial charge in [0.2, 0.25) is 10.0 Å². The lowest BCUT2D eigenvalue weighted by Gasteiger charge is -2.29. The number of piperidine rings is 1. The summed E-state index contributed by atoms with van der Waals surface area (Å²) in [5.74, 6) is -0.415. The fourth-order valence-corrected chi connectivity index (χ4v) is 6.32. The molecule has 1 aliphatic rings. The van der Waals surface area contributed by atoms with Gasteiger partial charge in [-0.05, 0) is 62.1 Å². The second-order valence-corrected chi connectivity index (χ2v) is 10.7. The van der Waals surface area contributed by atoms with Crippen molar-refractivity contribution in [3.8, 4) is 0 Å². The van der Waals surface area contributed by atoms with E-state index in [9.17, 15) is 13.2 Å². The predicted octanol–water partition coefficient (Wildman–Crippen LogP) is 3.38. The van der Waals surface area contributed by atoms with E-state index in [-0.39, 0.29) is 11.8 Å². The van der Waals surface area contributed by atoms with Crippen LogP contribution >= 0.6 is 11.3 Å². The van der Waals surface area contributed by atoms with Crippen LogP contribution in [0, 0.1) is 19.8 Å². The quantitative estimate of drug-likeness (QED) is 0.623. The van der Waals surface area contributed by atoms with E-state index in [0.29, 0.717) is 35.6 Å². The molecule has 1 aromatic heterocycles. The molecule has 2 heterocycles. The summed E-state index contributed by atoms with van der Waals surface area (Å²) >= 11 is 1.49. The van der Waals surface area contributed by atoms with Gasteiger partial charge in [-0.1, -0.05) is 29.5 Å². The molecule has 0 N–H and O–H groups in total. The van der Waals surface area contributed by atoms with Crippen molar-refractivity contribution in [3.63, 3.8) is 0 Å². The van der Waals surface area contributed by atoms with Crippen molar-refractivity contribution in [3.05, 3.63) is 58.4 Å². The highest BCUT2D eigenvalue weighted by Gasteiger charge is 2.32. The lowest BCUT2D eigenvalue weighted by molar-refractivity contribution is -0.122. The molecule has 8 heteroatoms. The largest absolute Gasteiger partial charge is 0.319 e. The number of thiazole rings is 1. The Morgan fingerprint density at radius 1 is 1.07 bits per heavy atom. The molecule has 1 aliphatic heterocycles. The third-order valence-electron chi connectivity index (χ3n) is 5.84. The van der Waals surface area contributed by atoms with Crippen molar-refractivity contribution >= 4 is 37.5 Å². The number of carbonyl (C=O) groups is 1. The molecule has 4 rings (SSSR count). The number of hydrogen-bond acceptors (Lipinski definition) is 4. The molecule has 1 saturated heterocycles. The van der Waals surface area contributed by atoms with Crippen LogP contribution in [-0.4, -0.2) is 36.3 Å². The molecule has 2 aromatic carbocycles. The topological polar surface area (TPSA) is 71.7 Å². The molecule has 0 saturated carbocycles. The number of hydrogen-bond donors (Lipinski definition) is 0. The molecule has 1 fully saturated rings. The Morgan fingerprint density at radius 3 is 2.43 bits per heavy atom. The average Bonchev–Trinajstić information content (AvgIpc) is 3.05. The number of rotatable bonds is 3. The van der Waals surface area contributed by atoms with Crippen LogP contribution in [0.1, 0.15) is 24.0 Å². The predicted molar refractivity (Wildman–Crippen MR) is 119 cm³/mol. The average molecular weight is 444 g/mol. The molecule has 6 nitrogen and oxygen atoms in total. The molecule has 0 unspecified atom stereocenters. The van der Waals surface area contributed by atoms with Gasteiger partial charge in [0.05, 0.1) is 15.1 Å². The molecular weight excluding hydrogens is 418 g/mol. The van der Waals surface area contributed by atoms with E-state index >= 15 is 0 Å². The van der Waals surface area contributed by atoms with Crippen molar-refractivity contribution in [1.29, 1.82) is 0 Å². The molecular formula is C22H25N3O3S2. The zero-order valence-electron chi connectivity index (χ0n) is 17.3. The van der Waals surface area contributed by atoms with E-state index in [4.69, 9.17) is 0 Å². The normalized spacial score (nSPS) is 17.0. The minimum atomic E-state index is -3.54. The van der Waals surface area contributed by atoms with Crippen LogP contribution in [-0.2, 0) is 21.9 Å². The smallest absolute Gasteiger partial charge is 0.251 e. The Labute approximate surface area is 180 Å². The van der Waals surface area contributed by atoms with Crippen LogP contribution in [0.15, 0.2) is 52.4 Å². The molecule has 3 aromatic rings. The SMILES string of the molecule is Cc1ccc(S(=O)(=O)N2CCC(C(=O)N=c3sc4ccccc4n3C)CC2)cc1C. The Hall–Kier alpha value is -2.29. The maximum atomic E-state index is 13.0. The number of fused-ring (bicyclic) bond motifs is 1. The maximum absolute atomic E-state index is 13.0. The lowest BCUT2D eigenvalue weighted by Crippen LogP contribution is -2.40. The zero-order chi connectivity index (χ0) is 21.5. The van der Waals surface area contributed by atoms with Gasteiger partial charge in [0.25, 0.3) is 5.91 Å². The monoisotopic (exact) mass is 443 g/mol. The first-order valence-corrected chi connectivity index (χ1v) is 12.2. The van der Waals surface area contributed by atoms with Crippen LogP contribution in [0.3, 0.4) is 0 Å². The van der Waals surface area contributed by atoms with Crippen molar-refractivity contribution in [2.24, 2.45) is 18.0 Å². The Kier molecular flexibility index (Phi) is 5.65. The molecule has 0 bridgehead atoms. The number of carbonyl (C=O) groups excluding carboxylic acids is 1. The molecule has 0 radical (unpaired) electrons. The van der Waals surface area contributed by atoms with Crippen LogP contribution in [0.2, 0.25) is 0 Å². The first-order valence-electron chi connectivity index (χ1n) is 9.98. The highest BCUT2D eigenvalue weighted by atomic mass is 32.2. The summed E-state index contributed by atoms with van der Waals surface area (Å²) in [4.78, 5) is 18.1. The third kappa shape index (κ3) is 3.87. The highest BCUT2D eigenvalue weighted by molar-refractivity contribution is 7.89. The van der Waals surface area contributed by atoms with Crippen LogP contribution in [0.5, 0.6) is 0 Å². The molecule has 1 amide bonds. The van der Waals surface area contributed by atoms with E-state index in [1.807, 2.05) is 55.8 Å². The summed E-state index contributed by atoms with van der Waals surface area (Å²) in [6, 6.07) is 13.2. The van der Waals surface area contributed by atoms with Gasteiger partial charge in [-0.25, -0.2) is 8.42 Å². The number of aromatic nitrogens is 1. The second kappa shape index (κ2) is 8.09. The summed E-state index contributed by atoms with van der Waals surface area (Å²) < 4.78 is 30.5. The first-order chi connectivity index (χ1) is 14.3. The Balaban J connectivity index is 1.49. The molecule has 0 atom stereocenters. The lowest BCUT2D eigenvalue weighted by atomic mass is 9.98. The molecule has 30 heavy (non-hydrogen) atoms. The van der Waals surface area contributed by atoms with Crippen molar-refractivity contribution in [1.82, 2.24) is 8.87 Å². The van der Waals surface area contributed by atoms with Gasteiger partial charge in [-0.3, -0.25) is 4.79 Å². The van der Waals surface area contributed by atoms with Gasteiger partial charge in [0.15, 0.2) is 4.80 Å². The number of nitrogens with zero attached hydrogens (tertiary/aromatic N) is 3. The number of para-hydroxylation sites is 1. The highest BCUT2D eigenvalue weighted by Crippen LogP contribution is 2.26. The summed E-state index contributed by atoms with van der Waals surface area (Å²) in [6.07, 6.45) is 0.974. The van der Waals surface area contributed by atoms with E-state index in [1.54, 1.807) is 12.1 Å². The molecule has 0 aliphatic carbocycles. The van der Waals surface area contributed by atoms with E-state index < -0.39 is 10.0 Å². The van der Waals surface area contributed by atoms with Crippen molar-refractivity contribution < 1.29 is 13.2 Å². The van der Waals surface area contributed by atoms with Gasteiger partial charge in [0, 0.05) is 26.1 Å². The van der Waals surface area contributed by atoms with Gasteiger partial charge in [0.1, 0.15) is 0 Å². The summed E-state index contributed by atoms with van der Waals surface area (Å²) in [5.41, 5.74) is 3.06. The summed E-state index contributed by atoms with van der Waals surface area (Å²) in [5, 5.41) is 0. The van der Waals surface area contributed by atoms with Crippen LogP contribution in [0.4, 0.5) is 0 Å². The summed E-state index contributed by atoms with van der Waals surface area (Å²) in [7, 11) is -1.64. The van der Waals surface area contributed by atoms with Gasteiger partial charge < -0.3 is 4.57 Å². The van der Waals surface area contributed by atoms with E-state index in [1.165, 1.54) is 15.6 Å². The van der Waals surface area contributed by atoms with Gasteiger partial charge >= 0.3 is 0 Å². The second-order valence-electron chi connectivity index (χ2n) is 7.79. The minimum absolute atomic E-state index is 0.166. The van der Waals surface area contributed by atoms with E-state index in [0.717, 1.165) is 21.3 Å². The van der Waals surface area contributed by atoms with Crippen LogP contribution < -0.4 is 4.80 Å². The first kappa shape index (κ1) is 21.0. The number of benzene rings is 2. The fraction of sp³-hybridized carbons (Fsp3) is 0.364. The van der Waals surface area contributed by atoms with Crippen molar-refractivity contribution in [2.75, 3.05) is 13.1 Å². The third-order valence-corrected chi connectivity index (χ3v) is 8.85. The molecule has 0 spiro atoms. The summed E-state index contributed by atoms with van der Waals surface area (Å²) in [6.45, 7) is 4.54. The standard InChI is InChI=1S/C22H25N3O3S2/c1-15-8-9-18(14-16(15)2)30(27,28)25-12-10-17(11-13-25)21(26)23-22-24(3)19-6-4-5-7-20(19)29-22/h4-9,14,17H,10-13H2,1-3H3. The minimum Gasteiger partial charge on any atom is -0.319 e. The number of amides is 1. The van der Waals surface area contributed by atoms with Crippen molar-refractivity contribution in [2.45, 2.75) is 31.6 Å². The van der Waals surface area contributed by atoms with E-state index in [2.05, 4.69) is 4.99 Å². The van der Waals surface area contributed by atoms with Gasteiger partial charge in [-0.15, -0.1) is 0 Å². The molecule has 158 valence electrons. The maximum Gasteiger partial charge on any atom is 0.251 e. The number of sulfonamides is 1. The zero-order valence-corrected chi connectivity index (χ0v) is 19.0. The number of aryl methyl sites for hydroxylation is 3. The van der Waals surface area contributed by atoms with Gasteiger partial charge in [-0.2, -0.15) is 9.30 Å². The van der Waals surface area contributed by atoms with Crippen LogP contribution in [0.25, 0.3) is 10.2 Å².